The second kappa shape index (κ2) is 6.69. The molecular formula is C12H16N2O5. The zero-order valence-electron chi connectivity index (χ0n) is 10.5. The highest BCUT2D eigenvalue weighted by Crippen LogP contribution is 2.29. The van der Waals surface area contributed by atoms with Crippen LogP contribution in [0, 0.1) is 10.1 Å². The number of nitrogens with zero attached hydrogens (tertiary/aromatic N) is 1. The quantitative estimate of drug-likeness (QED) is 0.574. The van der Waals surface area contributed by atoms with Crippen molar-refractivity contribution in [2.45, 2.75) is 32.4 Å². The standard InChI is InChI=1S/C12H16N2O5/c1-2-3-11(12(15)16)19-10-5-4-8(7-13)6-9(10)14(17)18/h4-6,11H,2-3,7,13H2,1H3,(H,15,16). The van der Waals surface area contributed by atoms with E-state index in [4.69, 9.17) is 15.6 Å². The van der Waals surface area contributed by atoms with E-state index in [0.717, 1.165) is 0 Å². The zero-order chi connectivity index (χ0) is 14.4. The molecule has 1 atom stereocenters. The molecule has 0 aliphatic rings. The van der Waals surface area contributed by atoms with Crippen LogP contribution in [0.3, 0.4) is 0 Å². The first kappa shape index (κ1) is 14.9. The lowest BCUT2D eigenvalue weighted by Crippen LogP contribution is -2.27. The van der Waals surface area contributed by atoms with Crippen molar-refractivity contribution in [3.8, 4) is 5.75 Å². The van der Waals surface area contributed by atoms with Crippen LogP contribution in [0.2, 0.25) is 0 Å². The third-order valence-electron chi connectivity index (χ3n) is 2.55. The summed E-state index contributed by atoms with van der Waals surface area (Å²) in [5, 5.41) is 19.9. The van der Waals surface area contributed by atoms with Crippen molar-refractivity contribution in [2.75, 3.05) is 0 Å². The largest absolute Gasteiger partial charge is 0.479 e. The van der Waals surface area contributed by atoms with E-state index >= 15 is 0 Å². The molecule has 0 heterocycles. The summed E-state index contributed by atoms with van der Waals surface area (Å²) in [7, 11) is 0. The van der Waals surface area contributed by atoms with Crippen LogP contribution >= 0.6 is 0 Å². The number of hydrogen-bond acceptors (Lipinski definition) is 5. The predicted octanol–water partition coefficient (Wildman–Crippen LogP) is 1.69. The fourth-order valence-corrected chi connectivity index (χ4v) is 1.58. The Morgan fingerprint density at radius 1 is 1.58 bits per heavy atom. The van der Waals surface area contributed by atoms with Gasteiger partial charge in [-0.2, -0.15) is 0 Å². The number of carboxylic acids is 1. The van der Waals surface area contributed by atoms with Gasteiger partial charge in [0.25, 0.3) is 0 Å². The highest BCUT2D eigenvalue weighted by molar-refractivity contribution is 5.73. The van der Waals surface area contributed by atoms with Crippen molar-refractivity contribution in [2.24, 2.45) is 5.73 Å². The molecule has 0 aliphatic carbocycles. The van der Waals surface area contributed by atoms with Gasteiger partial charge in [-0.15, -0.1) is 0 Å². The number of benzene rings is 1. The first-order chi connectivity index (χ1) is 8.99. The van der Waals surface area contributed by atoms with Crippen LogP contribution in [-0.2, 0) is 11.3 Å². The molecule has 0 aromatic heterocycles. The maximum Gasteiger partial charge on any atom is 0.344 e. The zero-order valence-corrected chi connectivity index (χ0v) is 10.5. The molecule has 7 heteroatoms. The molecule has 0 aliphatic heterocycles. The minimum Gasteiger partial charge on any atom is -0.479 e. The number of aliphatic carboxylic acids is 1. The molecule has 1 aromatic carbocycles. The molecule has 0 bridgehead atoms. The van der Waals surface area contributed by atoms with Crippen LogP contribution < -0.4 is 10.5 Å². The maximum absolute atomic E-state index is 11.0. The van der Waals surface area contributed by atoms with Crippen LogP contribution in [0.4, 0.5) is 5.69 Å². The van der Waals surface area contributed by atoms with Gasteiger partial charge < -0.3 is 15.6 Å². The number of rotatable bonds is 7. The van der Waals surface area contributed by atoms with Gasteiger partial charge in [0.15, 0.2) is 11.9 Å². The molecule has 1 unspecified atom stereocenters. The normalized spacial score (nSPS) is 11.9. The fourth-order valence-electron chi connectivity index (χ4n) is 1.58. The third kappa shape index (κ3) is 3.92. The Kier molecular flexibility index (Phi) is 5.25. The Labute approximate surface area is 110 Å². The lowest BCUT2D eigenvalue weighted by Gasteiger charge is -2.14. The van der Waals surface area contributed by atoms with Gasteiger partial charge in [0, 0.05) is 12.6 Å². The van der Waals surface area contributed by atoms with Crippen molar-refractivity contribution >= 4 is 11.7 Å². The van der Waals surface area contributed by atoms with Crippen molar-refractivity contribution in [3.05, 3.63) is 33.9 Å². The number of nitro benzene ring substituents is 1. The molecule has 0 fully saturated rings. The van der Waals surface area contributed by atoms with Crippen LogP contribution in [0.5, 0.6) is 5.75 Å². The number of nitrogens with two attached hydrogens (primary N) is 1. The summed E-state index contributed by atoms with van der Waals surface area (Å²) in [6, 6.07) is 4.25. The molecule has 1 rings (SSSR count). The summed E-state index contributed by atoms with van der Waals surface area (Å²) in [6.45, 7) is 1.98. The monoisotopic (exact) mass is 268 g/mol. The van der Waals surface area contributed by atoms with Crippen molar-refractivity contribution in [1.29, 1.82) is 0 Å². The van der Waals surface area contributed by atoms with Gasteiger partial charge in [-0.05, 0) is 18.1 Å². The number of nitro groups is 1. The lowest BCUT2D eigenvalue weighted by atomic mass is 10.1. The van der Waals surface area contributed by atoms with Crippen LogP contribution in [0.15, 0.2) is 18.2 Å². The molecule has 104 valence electrons. The Morgan fingerprint density at radius 3 is 2.74 bits per heavy atom. The van der Waals surface area contributed by atoms with Gasteiger partial charge in [0.05, 0.1) is 4.92 Å². The highest BCUT2D eigenvalue weighted by Gasteiger charge is 2.23. The summed E-state index contributed by atoms with van der Waals surface area (Å²) in [4.78, 5) is 21.3. The topological polar surface area (TPSA) is 116 Å². The second-order valence-electron chi connectivity index (χ2n) is 4.00. The molecule has 0 saturated carbocycles. The summed E-state index contributed by atoms with van der Waals surface area (Å²) >= 11 is 0. The lowest BCUT2D eigenvalue weighted by molar-refractivity contribution is -0.386. The van der Waals surface area contributed by atoms with E-state index in [9.17, 15) is 14.9 Å². The Bertz CT molecular complexity index is 475. The number of carboxylic acid groups (broad SMARTS) is 1. The van der Waals surface area contributed by atoms with Gasteiger partial charge in [-0.25, -0.2) is 4.79 Å². The van der Waals surface area contributed by atoms with E-state index in [1.807, 2.05) is 6.92 Å². The summed E-state index contributed by atoms with van der Waals surface area (Å²) in [6.07, 6.45) is -0.205. The van der Waals surface area contributed by atoms with Crippen molar-refractivity contribution in [3.63, 3.8) is 0 Å². The van der Waals surface area contributed by atoms with Crippen LogP contribution in [0.25, 0.3) is 0 Å². The van der Waals surface area contributed by atoms with E-state index in [2.05, 4.69) is 0 Å². The number of carbonyl (C=O) groups is 1. The predicted molar refractivity (Wildman–Crippen MR) is 67.9 cm³/mol. The van der Waals surface area contributed by atoms with E-state index in [0.29, 0.717) is 12.0 Å². The average Bonchev–Trinajstić information content (AvgIpc) is 2.38. The van der Waals surface area contributed by atoms with Crippen LogP contribution in [0.1, 0.15) is 25.3 Å². The SMILES string of the molecule is CCCC(Oc1ccc(CN)cc1[N+](=O)[O-])C(=O)O. The van der Waals surface area contributed by atoms with Gasteiger partial charge in [0.2, 0.25) is 0 Å². The maximum atomic E-state index is 11.0. The van der Waals surface area contributed by atoms with Gasteiger partial charge in [-0.1, -0.05) is 19.4 Å². The first-order valence-corrected chi connectivity index (χ1v) is 5.86. The summed E-state index contributed by atoms with van der Waals surface area (Å²) in [5.74, 6) is -1.19. The van der Waals surface area contributed by atoms with Gasteiger partial charge in [0.1, 0.15) is 0 Å². The minimum absolute atomic E-state index is 0.0527. The fraction of sp³-hybridized carbons (Fsp3) is 0.417. The van der Waals surface area contributed by atoms with E-state index in [1.54, 1.807) is 6.07 Å². The molecular weight excluding hydrogens is 252 g/mol. The second-order valence-corrected chi connectivity index (χ2v) is 4.00. The van der Waals surface area contributed by atoms with Crippen molar-refractivity contribution < 1.29 is 19.6 Å². The van der Waals surface area contributed by atoms with E-state index in [-0.39, 0.29) is 24.4 Å². The highest BCUT2D eigenvalue weighted by atomic mass is 16.6. The number of hydrogen-bond donors (Lipinski definition) is 2. The molecule has 1 aromatic rings. The molecule has 0 radical (unpaired) electrons. The average molecular weight is 268 g/mol. The summed E-state index contributed by atoms with van der Waals surface area (Å²) in [5.41, 5.74) is 5.72. The minimum atomic E-state index is -1.14. The van der Waals surface area contributed by atoms with E-state index in [1.165, 1.54) is 12.1 Å². The molecule has 7 nitrogen and oxygen atoms in total. The van der Waals surface area contributed by atoms with E-state index < -0.39 is 17.0 Å². The Hall–Kier alpha value is -2.15. The molecule has 3 N–H and O–H groups in total. The van der Waals surface area contributed by atoms with Gasteiger partial charge in [-0.3, -0.25) is 10.1 Å². The smallest absolute Gasteiger partial charge is 0.344 e. The van der Waals surface area contributed by atoms with Crippen molar-refractivity contribution in [1.82, 2.24) is 0 Å². The third-order valence-corrected chi connectivity index (χ3v) is 2.55. The summed E-state index contributed by atoms with van der Waals surface area (Å²) < 4.78 is 5.23. The molecule has 0 saturated heterocycles. The number of ether oxygens (including phenoxy) is 1. The Morgan fingerprint density at radius 2 is 2.26 bits per heavy atom. The van der Waals surface area contributed by atoms with Crippen LogP contribution in [-0.4, -0.2) is 22.1 Å². The first-order valence-electron chi connectivity index (χ1n) is 5.86. The Balaban J connectivity index is 3.05. The molecule has 0 spiro atoms. The molecule has 19 heavy (non-hydrogen) atoms. The van der Waals surface area contributed by atoms with Gasteiger partial charge >= 0.3 is 11.7 Å². The molecule has 0 amide bonds.